The highest BCUT2D eigenvalue weighted by atomic mass is 79.9. The molecule has 1 rings (SSSR count). The van der Waals surface area contributed by atoms with Gasteiger partial charge in [0, 0.05) is 6.54 Å². The van der Waals surface area contributed by atoms with E-state index >= 15 is 0 Å². The molecule has 2 N–H and O–H groups in total. The molecule has 86 valence electrons. The van der Waals surface area contributed by atoms with Gasteiger partial charge in [0.05, 0.1) is 11.3 Å². The zero-order chi connectivity index (χ0) is 12.3. The molecule has 4 nitrogen and oxygen atoms in total. The summed E-state index contributed by atoms with van der Waals surface area (Å²) in [5.74, 6) is -0.660. The molecule has 0 fully saturated rings. The van der Waals surface area contributed by atoms with Crippen LogP contribution in [0.25, 0.3) is 0 Å². The van der Waals surface area contributed by atoms with Crippen molar-refractivity contribution in [2.24, 2.45) is 5.73 Å². The summed E-state index contributed by atoms with van der Waals surface area (Å²) in [4.78, 5) is 3.70. The summed E-state index contributed by atoms with van der Waals surface area (Å²) in [5.41, 5.74) is 5.28. The second-order valence-corrected chi connectivity index (χ2v) is 3.40. The average Bonchev–Trinajstić information content (AvgIpc) is 2.19. The first-order chi connectivity index (χ1) is 7.37. The van der Waals surface area contributed by atoms with Gasteiger partial charge in [0.15, 0.2) is 5.75 Å². The van der Waals surface area contributed by atoms with Crippen LogP contribution in [0.2, 0.25) is 0 Å². The molecule has 1 aromatic heterocycles. The Bertz CT molecular complexity index is 441. The van der Waals surface area contributed by atoms with Crippen molar-refractivity contribution in [3.05, 3.63) is 21.9 Å². The molecular weight excluding hydrogens is 291 g/mol. The number of rotatable bonds is 2. The van der Waals surface area contributed by atoms with Crippen LogP contribution >= 0.6 is 15.9 Å². The Morgan fingerprint density at radius 2 is 2.19 bits per heavy atom. The third kappa shape index (κ3) is 3.08. The molecule has 0 saturated heterocycles. The molecule has 0 amide bonds. The molecule has 0 aliphatic carbocycles. The number of nitrogens with zero attached hydrogens (tertiary/aromatic N) is 2. The Balaban J connectivity index is 3.23. The second kappa shape index (κ2) is 4.67. The van der Waals surface area contributed by atoms with Crippen molar-refractivity contribution >= 4 is 15.9 Å². The second-order valence-electron chi connectivity index (χ2n) is 2.64. The number of alkyl halides is 3. The summed E-state index contributed by atoms with van der Waals surface area (Å²) in [6.45, 7) is 0.0135. The number of ether oxygens (including phenoxy) is 1. The smallest absolute Gasteiger partial charge is 0.401 e. The van der Waals surface area contributed by atoms with Gasteiger partial charge in [-0.3, -0.25) is 0 Å². The predicted octanol–water partition coefficient (Wildman–Crippen LogP) is 2.07. The van der Waals surface area contributed by atoms with E-state index in [4.69, 9.17) is 11.0 Å². The molecule has 0 radical (unpaired) electrons. The van der Waals surface area contributed by atoms with E-state index in [1.54, 1.807) is 6.07 Å². The summed E-state index contributed by atoms with van der Waals surface area (Å²) < 4.78 is 39.5. The highest BCUT2D eigenvalue weighted by Gasteiger charge is 2.33. The largest absolute Gasteiger partial charge is 0.573 e. The van der Waals surface area contributed by atoms with Crippen molar-refractivity contribution in [3.8, 4) is 11.8 Å². The van der Waals surface area contributed by atoms with Crippen molar-refractivity contribution in [1.29, 1.82) is 5.26 Å². The van der Waals surface area contributed by atoms with E-state index in [2.05, 4.69) is 25.7 Å². The Kier molecular flexibility index (Phi) is 3.72. The van der Waals surface area contributed by atoms with Crippen molar-refractivity contribution in [2.75, 3.05) is 0 Å². The first-order valence-electron chi connectivity index (χ1n) is 3.92. The van der Waals surface area contributed by atoms with Crippen LogP contribution in [-0.2, 0) is 6.54 Å². The number of hydrogen-bond acceptors (Lipinski definition) is 4. The fourth-order valence-electron chi connectivity index (χ4n) is 0.953. The van der Waals surface area contributed by atoms with Crippen LogP contribution in [0.5, 0.6) is 5.75 Å². The van der Waals surface area contributed by atoms with Gasteiger partial charge >= 0.3 is 6.36 Å². The molecular formula is C8H5BrF3N3O. The van der Waals surface area contributed by atoms with Crippen LogP contribution in [0.1, 0.15) is 11.3 Å². The van der Waals surface area contributed by atoms with Gasteiger partial charge in [-0.1, -0.05) is 0 Å². The molecule has 0 aliphatic heterocycles. The van der Waals surface area contributed by atoms with Crippen molar-refractivity contribution in [3.63, 3.8) is 0 Å². The molecule has 8 heteroatoms. The van der Waals surface area contributed by atoms with E-state index in [1.165, 1.54) is 0 Å². The molecule has 1 aromatic rings. The van der Waals surface area contributed by atoms with E-state index < -0.39 is 12.1 Å². The standard InChI is InChI=1S/C8H5BrF3N3O/c9-7-6(16-8(10,11)12)4(2-13)1-5(3-14)15-7/h1H,3,14H2. The zero-order valence-corrected chi connectivity index (χ0v) is 9.26. The Hall–Kier alpha value is -1.33. The maximum absolute atomic E-state index is 12.0. The quantitative estimate of drug-likeness (QED) is 0.848. The maximum Gasteiger partial charge on any atom is 0.573 e. The lowest BCUT2D eigenvalue weighted by Gasteiger charge is -2.12. The van der Waals surface area contributed by atoms with Crippen LogP contribution in [0.3, 0.4) is 0 Å². The maximum atomic E-state index is 12.0. The number of nitrogens with two attached hydrogens (primary N) is 1. The first-order valence-corrected chi connectivity index (χ1v) is 4.72. The van der Waals surface area contributed by atoms with Gasteiger partial charge in [-0.25, -0.2) is 4.98 Å². The van der Waals surface area contributed by atoms with Crippen LogP contribution < -0.4 is 10.5 Å². The fraction of sp³-hybridized carbons (Fsp3) is 0.250. The Labute approximate surface area is 97.0 Å². The summed E-state index contributed by atoms with van der Waals surface area (Å²) >= 11 is 2.79. The number of hydrogen-bond donors (Lipinski definition) is 1. The third-order valence-electron chi connectivity index (χ3n) is 1.53. The van der Waals surface area contributed by atoms with Gasteiger partial charge in [0.25, 0.3) is 0 Å². The van der Waals surface area contributed by atoms with E-state index in [1.807, 2.05) is 0 Å². The van der Waals surface area contributed by atoms with Gasteiger partial charge in [-0.2, -0.15) is 5.26 Å². The molecule has 0 bridgehead atoms. The van der Waals surface area contributed by atoms with Crippen LogP contribution in [0.4, 0.5) is 13.2 Å². The lowest BCUT2D eigenvalue weighted by Crippen LogP contribution is -2.19. The van der Waals surface area contributed by atoms with Gasteiger partial charge in [-0.15, -0.1) is 13.2 Å². The summed E-state index contributed by atoms with van der Waals surface area (Å²) in [5, 5.41) is 8.67. The van der Waals surface area contributed by atoms with Gasteiger partial charge < -0.3 is 10.5 Å². The molecule has 0 aliphatic rings. The molecule has 0 spiro atoms. The van der Waals surface area contributed by atoms with Gasteiger partial charge in [0.2, 0.25) is 0 Å². The molecule has 0 unspecified atom stereocenters. The van der Waals surface area contributed by atoms with Crippen molar-refractivity contribution < 1.29 is 17.9 Å². The summed E-state index contributed by atoms with van der Waals surface area (Å²) in [7, 11) is 0. The predicted molar refractivity (Wildman–Crippen MR) is 51.2 cm³/mol. The molecule has 0 atom stereocenters. The number of nitriles is 1. The van der Waals surface area contributed by atoms with E-state index in [0.29, 0.717) is 0 Å². The van der Waals surface area contributed by atoms with Crippen molar-refractivity contribution in [2.45, 2.75) is 12.9 Å². The lowest BCUT2D eigenvalue weighted by molar-refractivity contribution is -0.275. The summed E-state index contributed by atoms with van der Waals surface area (Å²) in [6, 6.07) is 2.73. The van der Waals surface area contributed by atoms with Crippen molar-refractivity contribution in [1.82, 2.24) is 4.98 Å². The number of aromatic nitrogens is 1. The Morgan fingerprint density at radius 1 is 1.56 bits per heavy atom. The number of halogens is 4. The number of pyridine rings is 1. The van der Waals surface area contributed by atoms with Crippen LogP contribution in [-0.4, -0.2) is 11.3 Å². The average molecular weight is 296 g/mol. The topological polar surface area (TPSA) is 71.9 Å². The van der Waals surface area contributed by atoms with Gasteiger partial charge in [0.1, 0.15) is 10.7 Å². The summed E-state index contributed by atoms with van der Waals surface area (Å²) in [6.07, 6.45) is -4.87. The van der Waals surface area contributed by atoms with Crippen LogP contribution in [0.15, 0.2) is 10.7 Å². The molecule has 16 heavy (non-hydrogen) atoms. The Morgan fingerprint density at radius 3 is 2.62 bits per heavy atom. The van der Waals surface area contributed by atoms with E-state index in [-0.39, 0.29) is 22.4 Å². The third-order valence-corrected chi connectivity index (χ3v) is 2.07. The molecule has 0 aromatic carbocycles. The molecule has 1 heterocycles. The zero-order valence-electron chi connectivity index (χ0n) is 7.68. The normalized spacial score (nSPS) is 11.0. The van der Waals surface area contributed by atoms with Crippen LogP contribution in [0, 0.1) is 11.3 Å². The van der Waals surface area contributed by atoms with E-state index in [0.717, 1.165) is 6.07 Å². The van der Waals surface area contributed by atoms with E-state index in [9.17, 15) is 13.2 Å². The minimum Gasteiger partial charge on any atom is -0.401 e. The monoisotopic (exact) mass is 295 g/mol. The fourth-order valence-corrected chi connectivity index (χ4v) is 1.48. The molecule has 0 saturated carbocycles. The SMILES string of the molecule is N#Cc1cc(CN)nc(Br)c1OC(F)(F)F. The minimum atomic E-state index is -4.87. The lowest BCUT2D eigenvalue weighted by atomic mass is 10.2. The first kappa shape index (κ1) is 12.7. The minimum absolute atomic E-state index is 0.0135. The highest BCUT2D eigenvalue weighted by molar-refractivity contribution is 9.10. The van der Waals surface area contributed by atoms with Gasteiger partial charge in [-0.05, 0) is 22.0 Å². The highest BCUT2D eigenvalue weighted by Crippen LogP contribution is 2.32.